The molecule has 0 saturated carbocycles. The van der Waals surface area contributed by atoms with Gasteiger partial charge in [-0.3, -0.25) is 9.59 Å². The first-order valence-corrected chi connectivity index (χ1v) is 6.98. The lowest BCUT2D eigenvalue weighted by Gasteiger charge is -2.08. The van der Waals surface area contributed by atoms with Crippen LogP contribution in [-0.2, 0) is 22.4 Å². The second-order valence-corrected chi connectivity index (χ2v) is 5.29. The summed E-state index contributed by atoms with van der Waals surface area (Å²) in [5.41, 5.74) is 2.17. The predicted molar refractivity (Wildman–Crippen MR) is 80.5 cm³/mol. The number of carbonyl (C=O) groups excluding carboxylic acids is 1. The molecule has 0 bridgehead atoms. The summed E-state index contributed by atoms with van der Waals surface area (Å²) in [5, 5.41) is 15.4. The summed E-state index contributed by atoms with van der Waals surface area (Å²) in [5.74, 6) is -0.768. The number of nitrogens with one attached hydrogen (secondary N) is 1. The van der Waals surface area contributed by atoms with E-state index in [1.807, 2.05) is 12.1 Å². The number of carboxylic acid groups (broad SMARTS) is 1. The van der Waals surface area contributed by atoms with E-state index in [9.17, 15) is 9.59 Å². The van der Waals surface area contributed by atoms with Crippen LogP contribution in [0.25, 0.3) is 0 Å². The van der Waals surface area contributed by atoms with Gasteiger partial charge in [0, 0.05) is 11.8 Å². The van der Waals surface area contributed by atoms with Crippen molar-refractivity contribution in [3.8, 4) is 0 Å². The van der Waals surface area contributed by atoms with Gasteiger partial charge in [-0.15, -0.1) is 0 Å². The van der Waals surface area contributed by atoms with Gasteiger partial charge in [-0.1, -0.05) is 24.2 Å². The van der Waals surface area contributed by atoms with E-state index in [1.54, 1.807) is 32.0 Å². The van der Waals surface area contributed by atoms with Crippen LogP contribution in [0, 0.1) is 12.8 Å². The summed E-state index contributed by atoms with van der Waals surface area (Å²) in [6.07, 6.45) is 0.608. The lowest BCUT2D eigenvalue weighted by Crippen LogP contribution is -2.15. The van der Waals surface area contributed by atoms with Crippen molar-refractivity contribution in [3.63, 3.8) is 0 Å². The van der Waals surface area contributed by atoms with Gasteiger partial charge in [0.2, 0.25) is 5.91 Å². The zero-order valence-electron chi connectivity index (χ0n) is 12.5. The second-order valence-electron chi connectivity index (χ2n) is 5.29. The average Bonchev–Trinajstić information content (AvgIpc) is 2.86. The maximum Gasteiger partial charge on any atom is 0.306 e. The van der Waals surface area contributed by atoms with Crippen LogP contribution in [0.4, 0.5) is 5.69 Å². The molecule has 6 nitrogen and oxygen atoms in total. The third-order valence-corrected chi connectivity index (χ3v) is 3.22. The van der Waals surface area contributed by atoms with E-state index in [2.05, 4.69) is 10.5 Å². The molecule has 1 aromatic carbocycles. The predicted octanol–water partition coefficient (Wildman–Crippen LogP) is 2.43. The first-order valence-electron chi connectivity index (χ1n) is 6.98. The molecule has 1 atom stereocenters. The molecule has 0 fully saturated rings. The third kappa shape index (κ3) is 4.44. The summed E-state index contributed by atoms with van der Waals surface area (Å²) < 4.78 is 4.91. The van der Waals surface area contributed by atoms with Gasteiger partial charge < -0.3 is 14.9 Å². The van der Waals surface area contributed by atoms with Crippen LogP contribution in [0.1, 0.15) is 23.9 Å². The normalized spacial score (nSPS) is 11.9. The molecule has 2 aromatic rings. The van der Waals surface area contributed by atoms with Crippen molar-refractivity contribution in [1.82, 2.24) is 5.16 Å². The van der Waals surface area contributed by atoms with Gasteiger partial charge in [-0.05, 0) is 31.0 Å². The topological polar surface area (TPSA) is 92.4 Å². The van der Waals surface area contributed by atoms with E-state index in [4.69, 9.17) is 9.63 Å². The number of benzene rings is 1. The number of hydrogen-bond acceptors (Lipinski definition) is 4. The van der Waals surface area contributed by atoms with E-state index in [-0.39, 0.29) is 12.3 Å². The van der Waals surface area contributed by atoms with Crippen molar-refractivity contribution in [3.05, 3.63) is 47.3 Å². The van der Waals surface area contributed by atoms with Gasteiger partial charge in [0.15, 0.2) is 0 Å². The smallest absolute Gasteiger partial charge is 0.306 e. The summed E-state index contributed by atoms with van der Waals surface area (Å²) in [4.78, 5) is 22.7. The minimum Gasteiger partial charge on any atom is -0.481 e. The van der Waals surface area contributed by atoms with E-state index < -0.39 is 11.9 Å². The molecular formula is C16H18N2O4. The summed E-state index contributed by atoms with van der Waals surface area (Å²) in [6, 6.07) is 8.87. The van der Waals surface area contributed by atoms with Crippen LogP contribution in [0.2, 0.25) is 0 Å². The molecular weight excluding hydrogens is 284 g/mol. The maximum atomic E-state index is 11.9. The zero-order valence-corrected chi connectivity index (χ0v) is 12.5. The number of rotatable bonds is 6. The number of carboxylic acids is 1. The highest BCUT2D eigenvalue weighted by Crippen LogP contribution is 2.14. The molecule has 0 spiro atoms. The molecule has 1 aromatic heterocycles. The van der Waals surface area contributed by atoms with Gasteiger partial charge in [0.1, 0.15) is 5.76 Å². The Bertz CT molecular complexity index is 661. The van der Waals surface area contributed by atoms with Crippen molar-refractivity contribution in [2.24, 2.45) is 5.92 Å². The SMILES string of the molecule is Cc1cc(CC(=O)Nc2ccc(CC(C)C(=O)O)cc2)no1. The van der Waals surface area contributed by atoms with Crippen LogP contribution < -0.4 is 5.32 Å². The summed E-state index contributed by atoms with van der Waals surface area (Å²) in [6.45, 7) is 3.43. The lowest BCUT2D eigenvalue weighted by atomic mass is 10.0. The Morgan fingerprint density at radius 3 is 2.55 bits per heavy atom. The fraction of sp³-hybridized carbons (Fsp3) is 0.312. The maximum absolute atomic E-state index is 11.9. The quantitative estimate of drug-likeness (QED) is 0.855. The van der Waals surface area contributed by atoms with Gasteiger partial charge in [-0.2, -0.15) is 0 Å². The zero-order chi connectivity index (χ0) is 16.1. The molecule has 116 valence electrons. The van der Waals surface area contributed by atoms with Crippen molar-refractivity contribution >= 4 is 17.6 Å². The highest BCUT2D eigenvalue weighted by molar-refractivity contribution is 5.92. The molecule has 1 heterocycles. The van der Waals surface area contributed by atoms with Crippen LogP contribution in [0.3, 0.4) is 0 Å². The number of carbonyl (C=O) groups is 2. The molecule has 1 amide bonds. The van der Waals surface area contributed by atoms with Crippen molar-refractivity contribution < 1.29 is 19.2 Å². The van der Waals surface area contributed by atoms with Gasteiger partial charge in [0.25, 0.3) is 0 Å². The van der Waals surface area contributed by atoms with E-state index >= 15 is 0 Å². The molecule has 0 aliphatic carbocycles. The average molecular weight is 302 g/mol. The number of hydrogen-bond donors (Lipinski definition) is 2. The number of anilines is 1. The van der Waals surface area contributed by atoms with Crippen LogP contribution >= 0.6 is 0 Å². The number of amides is 1. The largest absolute Gasteiger partial charge is 0.481 e. The highest BCUT2D eigenvalue weighted by Gasteiger charge is 2.12. The lowest BCUT2D eigenvalue weighted by molar-refractivity contribution is -0.141. The minimum absolute atomic E-state index is 0.148. The van der Waals surface area contributed by atoms with Gasteiger partial charge in [0.05, 0.1) is 18.0 Å². The summed E-state index contributed by atoms with van der Waals surface area (Å²) >= 11 is 0. The number of nitrogens with zero attached hydrogens (tertiary/aromatic N) is 1. The Kier molecular flexibility index (Phi) is 4.93. The molecule has 0 aliphatic rings. The fourth-order valence-electron chi connectivity index (χ4n) is 2.04. The molecule has 1 unspecified atom stereocenters. The van der Waals surface area contributed by atoms with E-state index in [0.717, 1.165) is 5.56 Å². The first kappa shape index (κ1) is 15.8. The van der Waals surface area contributed by atoms with Crippen LogP contribution in [0.15, 0.2) is 34.9 Å². The minimum atomic E-state index is -0.819. The molecule has 0 saturated heterocycles. The van der Waals surface area contributed by atoms with Crippen molar-refractivity contribution in [1.29, 1.82) is 0 Å². The number of aromatic nitrogens is 1. The Labute approximate surface area is 128 Å². The third-order valence-electron chi connectivity index (χ3n) is 3.22. The summed E-state index contributed by atoms with van der Waals surface area (Å²) in [7, 11) is 0. The monoisotopic (exact) mass is 302 g/mol. The number of aryl methyl sites for hydroxylation is 1. The van der Waals surface area contributed by atoms with E-state index in [0.29, 0.717) is 23.6 Å². The van der Waals surface area contributed by atoms with Crippen LogP contribution in [0.5, 0.6) is 0 Å². The molecule has 0 aliphatic heterocycles. The van der Waals surface area contributed by atoms with Crippen molar-refractivity contribution in [2.75, 3.05) is 5.32 Å². The first-order chi connectivity index (χ1) is 10.4. The van der Waals surface area contributed by atoms with E-state index in [1.165, 1.54) is 0 Å². The Balaban J connectivity index is 1.90. The fourth-order valence-corrected chi connectivity index (χ4v) is 2.04. The van der Waals surface area contributed by atoms with Crippen LogP contribution in [-0.4, -0.2) is 22.1 Å². The number of aliphatic carboxylic acids is 1. The molecule has 6 heteroatoms. The standard InChI is InChI=1S/C16H18N2O4/c1-10(16(20)21)7-12-3-5-13(6-4-12)17-15(19)9-14-8-11(2)22-18-14/h3-6,8,10H,7,9H2,1-2H3,(H,17,19)(H,20,21). The molecule has 22 heavy (non-hydrogen) atoms. The van der Waals surface area contributed by atoms with Gasteiger partial charge >= 0.3 is 5.97 Å². The Morgan fingerprint density at radius 1 is 1.32 bits per heavy atom. The second kappa shape index (κ2) is 6.89. The Hall–Kier alpha value is -2.63. The van der Waals surface area contributed by atoms with Crippen molar-refractivity contribution in [2.45, 2.75) is 26.7 Å². The highest BCUT2D eigenvalue weighted by atomic mass is 16.5. The Morgan fingerprint density at radius 2 is 2.00 bits per heavy atom. The van der Waals surface area contributed by atoms with Gasteiger partial charge in [-0.25, -0.2) is 0 Å². The molecule has 2 rings (SSSR count). The molecule has 2 N–H and O–H groups in total. The molecule has 0 radical (unpaired) electrons.